The molecule has 3 rings (SSSR count). The van der Waals surface area contributed by atoms with Gasteiger partial charge in [0, 0.05) is 46.6 Å². The number of rotatable bonds is 8. The van der Waals surface area contributed by atoms with Gasteiger partial charge in [0.25, 0.3) is 0 Å². The number of carbonyl (C=O) groups excluding carboxylic acids is 1. The van der Waals surface area contributed by atoms with Crippen LogP contribution in [0.1, 0.15) is 44.1 Å². The molecule has 0 aliphatic heterocycles. The van der Waals surface area contributed by atoms with Crippen LogP contribution < -0.4 is 10.2 Å². The fourth-order valence-electron chi connectivity index (χ4n) is 3.75. The molecule has 0 saturated heterocycles. The average Bonchev–Trinajstić information content (AvgIpc) is 2.69. The number of aromatic nitrogens is 2. The Hall–Kier alpha value is -1.87. The largest absolute Gasteiger partial charge is 0.363 e. The minimum absolute atomic E-state index is 0. The Morgan fingerprint density at radius 1 is 1.21 bits per heavy atom. The maximum Gasteiger partial charge on any atom is 0.227 e. The van der Waals surface area contributed by atoms with E-state index < -0.39 is 0 Å². The minimum atomic E-state index is -0.282. The van der Waals surface area contributed by atoms with Crippen molar-refractivity contribution in [2.45, 2.75) is 51.1 Å². The zero-order valence-electron chi connectivity index (χ0n) is 16.5. The summed E-state index contributed by atoms with van der Waals surface area (Å²) in [6, 6.07) is 11.8. The van der Waals surface area contributed by atoms with Crippen molar-refractivity contribution in [2.24, 2.45) is 5.92 Å². The molecule has 1 atom stereocenters. The Balaban J connectivity index is 0.00000280. The van der Waals surface area contributed by atoms with Gasteiger partial charge in [-0.2, -0.15) is 4.98 Å². The van der Waals surface area contributed by atoms with Gasteiger partial charge in [0.2, 0.25) is 5.95 Å². The molecule has 1 aromatic heterocycles. The monoisotopic (exact) mass is 549 g/mol. The number of nitrogens with one attached hydrogen (secondary N) is 1. The van der Waals surface area contributed by atoms with Crippen molar-refractivity contribution in [1.29, 1.82) is 0 Å². The van der Waals surface area contributed by atoms with Crippen LogP contribution in [-0.2, 0) is 32.4 Å². The molecule has 150 valence electrons. The predicted molar refractivity (Wildman–Crippen MR) is 110 cm³/mol. The molecule has 1 fully saturated rings. The van der Waals surface area contributed by atoms with Crippen molar-refractivity contribution in [3.63, 3.8) is 0 Å². The molecule has 0 unspecified atom stereocenters. The topological polar surface area (TPSA) is 58.1 Å². The fraction of sp³-hybridized carbons (Fsp3) is 0.455. The maximum atomic E-state index is 12.1. The van der Waals surface area contributed by atoms with Crippen LogP contribution in [0.2, 0.25) is 0 Å². The maximum absolute atomic E-state index is 12.1. The number of hydrogen-bond donors (Lipinski definition) is 1. The van der Waals surface area contributed by atoms with Gasteiger partial charge in [0.15, 0.2) is 0 Å². The van der Waals surface area contributed by atoms with Crippen molar-refractivity contribution < 1.29 is 25.9 Å². The Morgan fingerprint density at radius 3 is 2.61 bits per heavy atom. The van der Waals surface area contributed by atoms with Gasteiger partial charge < -0.3 is 21.9 Å². The Morgan fingerprint density at radius 2 is 1.93 bits per heavy atom. The van der Waals surface area contributed by atoms with Crippen LogP contribution in [0.4, 0.5) is 11.8 Å². The van der Waals surface area contributed by atoms with Crippen LogP contribution in [0.15, 0.2) is 42.6 Å². The molecule has 0 bridgehead atoms. The van der Waals surface area contributed by atoms with Crippen LogP contribution in [0.25, 0.3) is 0 Å². The fourth-order valence-corrected chi connectivity index (χ4v) is 3.75. The van der Waals surface area contributed by atoms with E-state index in [1.54, 1.807) is 6.20 Å². The first-order valence-electron chi connectivity index (χ1n) is 9.82. The summed E-state index contributed by atoms with van der Waals surface area (Å²) in [4.78, 5) is 23.0. The van der Waals surface area contributed by atoms with Crippen molar-refractivity contribution in [2.75, 3.05) is 17.3 Å². The second kappa shape index (κ2) is 11.2. The third kappa shape index (κ3) is 6.63. The number of Topliss-reactive ketones (excluding diaryl/α,β-unsaturated/α-hetero) is 1. The van der Waals surface area contributed by atoms with Crippen LogP contribution >= 0.6 is 0 Å². The third-order valence-corrected chi connectivity index (χ3v) is 5.25. The normalized spacial score (nSPS) is 15.3. The number of ketones is 1. The molecule has 28 heavy (non-hydrogen) atoms. The number of nitrogens with zero attached hydrogens (tertiary/aromatic N) is 3. The van der Waals surface area contributed by atoms with Crippen molar-refractivity contribution >= 4 is 17.5 Å². The van der Waals surface area contributed by atoms with Gasteiger partial charge in [0.05, 0.1) is 6.04 Å². The summed E-state index contributed by atoms with van der Waals surface area (Å²) in [6.07, 6.45) is 8.84. The molecular weight excluding hydrogens is 520 g/mol. The summed E-state index contributed by atoms with van der Waals surface area (Å²) >= 11 is 0. The van der Waals surface area contributed by atoms with Gasteiger partial charge in [0.1, 0.15) is 5.82 Å². The van der Waals surface area contributed by atoms with E-state index in [9.17, 15) is 4.79 Å². The second-order valence-corrected chi connectivity index (χ2v) is 7.49. The molecule has 0 spiro atoms. The Labute approximate surface area is 182 Å². The van der Waals surface area contributed by atoms with E-state index >= 15 is 0 Å². The van der Waals surface area contributed by atoms with E-state index in [0.717, 1.165) is 13.0 Å². The molecule has 1 N–H and O–H groups in total. The Bertz CT molecular complexity index is 734. The smallest absolute Gasteiger partial charge is 0.227 e. The minimum Gasteiger partial charge on any atom is -0.363 e. The van der Waals surface area contributed by atoms with Gasteiger partial charge in [-0.1, -0.05) is 62.4 Å². The molecule has 5 nitrogen and oxygen atoms in total. The molecule has 1 aliphatic carbocycles. The van der Waals surface area contributed by atoms with E-state index in [1.807, 2.05) is 36.2 Å². The van der Waals surface area contributed by atoms with Crippen LogP contribution in [-0.4, -0.2) is 28.8 Å². The summed E-state index contributed by atoms with van der Waals surface area (Å²) in [5.41, 5.74) is 1.20. The van der Waals surface area contributed by atoms with E-state index in [-0.39, 0.29) is 32.9 Å². The summed E-state index contributed by atoms with van der Waals surface area (Å²) in [6.45, 7) is 4.38. The summed E-state index contributed by atoms with van der Waals surface area (Å²) in [5.74, 6) is 1.84. The zero-order valence-corrected chi connectivity index (χ0v) is 19.4. The van der Waals surface area contributed by atoms with Gasteiger partial charge in [-0.25, -0.2) is 4.98 Å². The van der Waals surface area contributed by atoms with Crippen LogP contribution in [0.5, 0.6) is 0 Å². The predicted octanol–water partition coefficient (Wildman–Crippen LogP) is 4.26. The SMILES string of the molecule is [CH2-]C(=O)[C@H](CC1CCCCC1)Nc1ccnc(N(C)Cc2ccccc2)n1.[W]. The Kier molecular flexibility index (Phi) is 8.97. The summed E-state index contributed by atoms with van der Waals surface area (Å²) in [5, 5.41) is 3.30. The van der Waals surface area contributed by atoms with Crippen molar-refractivity contribution in [3.8, 4) is 0 Å². The molecule has 1 heterocycles. The van der Waals surface area contributed by atoms with E-state index in [4.69, 9.17) is 0 Å². The summed E-state index contributed by atoms with van der Waals surface area (Å²) < 4.78 is 0. The number of benzene rings is 1. The van der Waals surface area contributed by atoms with Crippen molar-refractivity contribution in [1.82, 2.24) is 9.97 Å². The molecule has 0 radical (unpaired) electrons. The standard InChI is InChI=1S/C22H29N4O.W/c1-17(27)20(15-18-9-5-3-6-10-18)24-21-13-14-23-22(25-21)26(2)16-19-11-7-4-8-12-19;/h4,7-8,11-14,18,20H,1,3,5-6,9-10,15-16H2,2H3,(H,23,24,25);/q-1;/t20-;/m0./s1. The molecule has 1 aliphatic rings. The van der Waals surface area contributed by atoms with Gasteiger partial charge in [-0.05, 0) is 24.0 Å². The molecule has 6 heteroatoms. The van der Waals surface area contributed by atoms with Gasteiger partial charge in [-0.3, -0.25) is 0 Å². The van der Waals surface area contributed by atoms with Crippen molar-refractivity contribution in [3.05, 3.63) is 55.1 Å². The van der Waals surface area contributed by atoms with Crippen LogP contribution in [0, 0.1) is 12.8 Å². The second-order valence-electron chi connectivity index (χ2n) is 7.49. The molecule has 2 aromatic rings. The van der Waals surface area contributed by atoms with E-state index in [1.165, 1.54) is 37.7 Å². The molecule has 1 aromatic carbocycles. The average molecular weight is 549 g/mol. The quantitative estimate of drug-likeness (QED) is 0.499. The molecule has 1 saturated carbocycles. The summed E-state index contributed by atoms with van der Waals surface area (Å²) in [7, 11) is 1.97. The van der Waals surface area contributed by atoms with Gasteiger partial charge >= 0.3 is 0 Å². The number of anilines is 2. The zero-order chi connectivity index (χ0) is 19.1. The van der Waals surface area contributed by atoms with Crippen LogP contribution in [0.3, 0.4) is 0 Å². The first-order valence-corrected chi connectivity index (χ1v) is 9.82. The molecular formula is C22H29N4OW-. The first-order chi connectivity index (χ1) is 13.1. The van der Waals surface area contributed by atoms with Gasteiger partial charge in [-0.15, -0.1) is 0 Å². The number of carbonyl (C=O) groups is 1. The molecule has 0 amide bonds. The van der Waals surface area contributed by atoms with E-state index in [0.29, 0.717) is 17.7 Å². The first kappa shape index (κ1) is 22.4. The number of hydrogen-bond acceptors (Lipinski definition) is 5. The third-order valence-electron chi connectivity index (χ3n) is 5.25. The van der Waals surface area contributed by atoms with E-state index in [2.05, 4.69) is 34.3 Å².